The summed E-state index contributed by atoms with van der Waals surface area (Å²) in [5.41, 5.74) is -2.28. The molecule has 1 fully saturated rings. The Morgan fingerprint density at radius 3 is 2.30 bits per heavy atom. The first-order valence-corrected chi connectivity index (χ1v) is 9.63. The number of ether oxygens (including phenoxy) is 1. The predicted octanol–water partition coefficient (Wildman–Crippen LogP) is 2.70. The first-order valence-electron chi connectivity index (χ1n) is 9.63. The predicted molar refractivity (Wildman–Crippen MR) is 105 cm³/mol. The van der Waals surface area contributed by atoms with Crippen LogP contribution in [0.4, 0.5) is 5.69 Å². The fourth-order valence-corrected chi connectivity index (χ4v) is 4.61. The molecule has 8 nitrogen and oxygen atoms in total. The molecule has 30 heavy (non-hydrogen) atoms. The number of ketones is 2. The minimum Gasteiger partial charge on any atom is -0.461 e. The standard InChI is InChI=1S/C22H21NO7/c1-12-16-15(17(24)21(3,27)22(12)8-9-22)10-20(2,18(16)25)11-30-19(26)13-4-6-14(7-5-13)23(28)29/h4-7,10,27H,8-9,11H2,1-3H3/t20-,21-/m0/s1. The smallest absolute Gasteiger partial charge is 0.338 e. The van der Waals surface area contributed by atoms with Crippen LogP contribution < -0.4 is 0 Å². The van der Waals surface area contributed by atoms with E-state index >= 15 is 0 Å². The number of allylic oxidation sites excluding steroid dienone is 1. The molecule has 3 aliphatic carbocycles. The van der Waals surface area contributed by atoms with Crippen molar-refractivity contribution in [1.82, 2.24) is 0 Å². The average Bonchev–Trinajstić information content (AvgIpc) is 3.48. The van der Waals surface area contributed by atoms with Gasteiger partial charge in [-0.25, -0.2) is 4.79 Å². The highest BCUT2D eigenvalue weighted by Gasteiger charge is 2.66. The number of carbonyl (C=O) groups is 3. The lowest BCUT2D eigenvalue weighted by Crippen LogP contribution is -2.49. The van der Waals surface area contributed by atoms with E-state index in [0.717, 1.165) is 0 Å². The van der Waals surface area contributed by atoms with Crippen molar-refractivity contribution in [3.05, 3.63) is 62.7 Å². The molecule has 1 spiro atoms. The molecule has 3 aliphatic rings. The first kappa shape index (κ1) is 20.2. The van der Waals surface area contributed by atoms with Gasteiger partial charge in [0.1, 0.15) is 12.2 Å². The number of aliphatic hydroxyl groups is 1. The highest BCUT2D eigenvalue weighted by Crippen LogP contribution is 2.65. The van der Waals surface area contributed by atoms with Crippen LogP contribution in [0.25, 0.3) is 0 Å². The molecule has 0 bridgehead atoms. The lowest BCUT2D eigenvalue weighted by molar-refractivity contribution is -0.384. The Kier molecular flexibility index (Phi) is 4.15. The van der Waals surface area contributed by atoms with Gasteiger partial charge in [-0.15, -0.1) is 0 Å². The summed E-state index contributed by atoms with van der Waals surface area (Å²) in [5.74, 6) is -1.50. The number of nitro groups is 1. The van der Waals surface area contributed by atoms with Gasteiger partial charge in [0.25, 0.3) is 5.69 Å². The lowest BCUT2D eigenvalue weighted by atomic mass is 9.68. The van der Waals surface area contributed by atoms with Gasteiger partial charge in [-0.3, -0.25) is 19.7 Å². The lowest BCUT2D eigenvalue weighted by Gasteiger charge is -2.38. The topological polar surface area (TPSA) is 124 Å². The molecule has 4 rings (SSSR count). The maximum absolute atomic E-state index is 13.2. The van der Waals surface area contributed by atoms with Gasteiger partial charge in [0.2, 0.25) is 0 Å². The zero-order valence-electron chi connectivity index (χ0n) is 16.9. The molecule has 0 heterocycles. The number of esters is 1. The van der Waals surface area contributed by atoms with E-state index in [4.69, 9.17) is 4.74 Å². The summed E-state index contributed by atoms with van der Waals surface area (Å²) >= 11 is 0. The Bertz CT molecular complexity index is 1070. The number of Topliss-reactive ketones (excluding diaryl/α,β-unsaturated/α-hetero) is 2. The molecular weight excluding hydrogens is 390 g/mol. The van der Waals surface area contributed by atoms with Crippen molar-refractivity contribution in [2.45, 2.75) is 39.2 Å². The molecule has 8 heteroatoms. The number of non-ortho nitro benzene ring substituents is 1. The molecule has 0 aromatic heterocycles. The van der Waals surface area contributed by atoms with Gasteiger partial charge in [0, 0.05) is 28.7 Å². The van der Waals surface area contributed by atoms with Crippen molar-refractivity contribution in [3.8, 4) is 0 Å². The van der Waals surface area contributed by atoms with Crippen LogP contribution in [0.15, 0.2) is 47.1 Å². The third-order valence-electron chi connectivity index (χ3n) is 6.76. The summed E-state index contributed by atoms with van der Waals surface area (Å²) < 4.78 is 5.31. The van der Waals surface area contributed by atoms with Gasteiger partial charge in [-0.05, 0) is 45.7 Å². The Morgan fingerprint density at radius 1 is 1.17 bits per heavy atom. The number of hydrogen-bond acceptors (Lipinski definition) is 7. The van der Waals surface area contributed by atoms with E-state index in [1.807, 2.05) is 0 Å². The molecule has 1 aromatic carbocycles. The normalized spacial score (nSPS) is 29.0. The molecule has 156 valence electrons. The largest absolute Gasteiger partial charge is 0.461 e. The number of carbonyl (C=O) groups excluding carboxylic acids is 3. The van der Waals surface area contributed by atoms with Crippen LogP contribution in [0.5, 0.6) is 0 Å². The maximum atomic E-state index is 13.2. The molecule has 0 amide bonds. The van der Waals surface area contributed by atoms with Crippen molar-refractivity contribution in [2.24, 2.45) is 10.8 Å². The highest BCUT2D eigenvalue weighted by atomic mass is 16.6. The average molecular weight is 411 g/mol. The molecule has 0 unspecified atom stereocenters. The number of hydrogen-bond donors (Lipinski definition) is 1. The SMILES string of the molecule is CC1=C2C(=O)[C@](C)(COC(=O)c3ccc([N+](=O)[O-])cc3)C=C2C(=O)[C@](C)(O)C12CC2. The van der Waals surface area contributed by atoms with Crippen molar-refractivity contribution >= 4 is 23.2 Å². The van der Waals surface area contributed by atoms with Crippen molar-refractivity contribution in [3.63, 3.8) is 0 Å². The highest BCUT2D eigenvalue weighted by molar-refractivity contribution is 6.23. The second-order valence-corrected chi connectivity index (χ2v) is 8.67. The molecule has 0 aliphatic heterocycles. The third-order valence-corrected chi connectivity index (χ3v) is 6.76. The van der Waals surface area contributed by atoms with E-state index in [9.17, 15) is 29.6 Å². The van der Waals surface area contributed by atoms with E-state index in [-0.39, 0.29) is 29.2 Å². The minimum atomic E-state index is -1.56. The van der Waals surface area contributed by atoms with E-state index in [1.165, 1.54) is 37.3 Å². The zero-order chi connectivity index (χ0) is 22.1. The summed E-state index contributed by atoms with van der Waals surface area (Å²) in [5, 5.41) is 21.6. The summed E-state index contributed by atoms with van der Waals surface area (Å²) in [7, 11) is 0. The Morgan fingerprint density at radius 2 is 1.77 bits per heavy atom. The van der Waals surface area contributed by atoms with Crippen LogP contribution in [0.3, 0.4) is 0 Å². The van der Waals surface area contributed by atoms with Gasteiger partial charge >= 0.3 is 5.97 Å². The van der Waals surface area contributed by atoms with E-state index < -0.39 is 33.1 Å². The van der Waals surface area contributed by atoms with Crippen molar-refractivity contribution in [1.29, 1.82) is 0 Å². The second kappa shape index (κ2) is 6.18. The van der Waals surface area contributed by atoms with Gasteiger partial charge in [0.15, 0.2) is 11.6 Å². The Hall–Kier alpha value is -3.13. The van der Waals surface area contributed by atoms with Crippen LogP contribution in [-0.4, -0.2) is 39.8 Å². The summed E-state index contributed by atoms with van der Waals surface area (Å²) in [6, 6.07) is 4.95. The molecule has 1 aromatic rings. The quantitative estimate of drug-likeness (QED) is 0.459. The zero-order valence-corrected chi connectivity index (χ0v) is 16.9. The van der Waals surface area contributed by atoms with Crippen LogP contribution in [-0.2, 0) is 14.3 Å². The number of benzene rings is 1. The molecule has 0 saturated heterocycles. The third kappa shape index (κ3) is 2.60. The van der Waals surface area contributed by atoms with Crippen LogP contribution in [0.1, 0.15) is 44.0 Å². The number of nitrogens with zero attached hydrogens (tertiary/aromatic N) is 1. The van der Waals surface area contributed by atoms with E-state index in [2.05, 4.69) is 0 Å². The minimum absolute atomic E-state index is 0.117. The molecule has 2 atom stereocenters. The Labute approximate surface area is 172 Å². The van der Waals surface area contributed by atoms with Gasteiger partial charge in [-0.2, -0.15) is 0 Å². The Balaban J connectivity index is 1.58. The molecule has 1 saturated carbocycles. The molecular formula is C22H21NO7. The summed E-state index contributed by atoms with van der Waals surface area (Å²) in [6.07, 6.45) is 2.78. The van der Waals surface area contributed by atoms with Crippen molar-refractivity contribution < 1.29 is 29.2 Å². The second-order valence-electron chi connectivity index (χ2n) is 8.67. The van der Waals surface area contributed by atoms with E-state index in [0.29, 0.717) is 24.0 Å². The maximum Gasteiger partial charge on any atom is 0.338 e. The number of fused-ring (bicyclic) bond motifs is 1. The molecule has 0 radical (unpaired) electrons. The number of nitro benzene ring substituents is 1. The van der Waals surface area contributed by atoms with Crippen LogP contribution in [0, 0.1) is 20.9 Å². The van der Waals surface area contributed by atoms with Gasteiger partial charge in [0.05, 0.1) is 15.9 Å². The molecule has 1 N–H and O–H groups in total. The summed E-state index contributed by atoms with van der Waals surface area (Å²) in [6.45, 7) is 4.58. The fourth-order valence-electron chi connectivity index (χ4n) is 4.61. The van der Waals surface area contributed by atoms with E-state index in [1.54, 1.807) is 13.8 Å². The fraction of sp³-hybridized carbons (Fsp3) is 0.409. The van der Waals surface area contributed by atoms with Crippen LogP contribution in [0.2, 0.25) is 0 Å². The van der Waals surface area contributed by atoms with Crippen molar-refractivity contribution in [2.75, 3.05) is 6.61 Å². The number of rotatable bonds is 4. The van der Waals surface area contributed by atoms with Gasteiger partial charge in [-0.1, -0.05) is 11.6 Å². The first-order chi connectivity index (χ1) is 13.9. The summed E-state index contributed by atoms with van der Waals surface area (Å²) in [4.78, 5) is 48.6. The van der Waals surface area contributed by atoms with Crippen LogP contribution >= 0.6 is 0 Å². The monoisotopic (exact) mass is 411 g/mol. The van der Waals surface area contributed by atoms with Gasteiger partial charge < -0.3 is 9.84 Å².